The molecule has 0 bridgehead atoms. The van der Waals surface area contributed by atoms with E-state index in [4.69, 9.17) is 4.74 Å². The molecule has 1 aromatic heterocycles. The highest BCUT2D eigenvalue weighted by molar-refractivity contribution is 5.87. The Balaban J connectivity index is 1.97. The van der Waals surface area contributed by atoms with Crippen LogP contribution in [0.25, 0.3) is 11.1 Å². The Morgan fingerprint density at radius 1 is 1.18 bits per heavy atom. The molecule has 2 aromatic rings. The van der Waals surface area contributed by atoms with E-state index in [0.717, 1.165) is 16.7 Å². The third kappa shape index (κ3) is 4.22. The van der Waals surface area contributed by atoms with Gasteiger partial charge in [-0.15, -0.1) is 0 Å². The van der Waals surface area contributed by atoms with Gasteiger partial charge in [-0.3, -0.25) is 14.6 Å². The van der Waals surface area contributed by atoms with Crippen LogP contribution in [0.2, 0.25) is 0 Å². The molecule has 2 amide bonds. The summed E-state index contributed by atoms with van der Waals surface area (Å²) in [4.78, 5) is 31.2. The van der Waals surface area contributed by atoms with Crippen LogP contribution < -0.4 is 5.32 Å². The molecule has 2 heterocycles. The highest BCUT2D eigenvalue weighted by atomic mass is 16.5. The quantitative estimate of drug-likeness (QED) is 0.834. The van der Waals surface area contributed by atoms with E-state index >= 15 is 0 Å². The number of amides is 2. The molecule has 6 nitrogen and oxygen atoms in total. The zero-order valence-electron chi connectivity index (χ0n) is 16.5. The van der Waals surface area contributed by atoms with Gasteiger partial charge in [0.15, 0.2) is 5.60 Å². The molecule has 0 aliphatic carbocycles. The van der Waals surface area contributed by atoms with Crippen LogP contribution in [0.15, 0.2) is 48.8 Å². The van der Waals surface area contributed by atoms with Crippen molar-refractivity contribution in [3.8, 4) is 11.1 Å². The fourth-order valence-corrected chi connectivity index (χ4v) is 3.66. The Morgan fingerprint density at radius 2 is 1.93 bits per heavy atom. The average Bonchev–Trinajstić information content (AvgIpc) is 2.74. The van der Waals surface area contributed by atoms with Crippen LogP contribution in [0.1, 0.15) is 25.8 Å². The maximum absolute atomic E-state index is 13.0. The Hall–Kier alpha value is -2.73. The highest BCUT2D eigenvalue weighted by Crippen LogP contribution is 2.30. The number of morpholine rings is 1. The Kier molecular flexibility index (Phi) is 6.41. The smallest absolute Gasteiger partial charge is 0.254 e. The number of carbonyl (C=O) groups excluding carboxylic acids is 2. The monoisotopic (exact) mass is 381 g/mol. The third-order valence-electron chi connectivity index (χ3n) is 5.08. The van der Waals surface area contributed by atoms with Gasteiger partial charge in [0.25, 0.3) is 5.91 Å². The van der Waals surface area contributed by atoms with Crippen molar-refractivity contribution in [1.82, 2.24) is 15.2 Å². The number of pyridine rings is 1. The summed E-state index contributed by atoms with van der Waals surface area (Å²) in [6, 6.07) is 11.9. The van der Waals surface area contributed by atoms with Crippen molar-refractivity contribution in [3.63, 3.8) is 0 Å². The van der Waals surface area contributed by atoms with Crippen molar-refractivity contribution >= 4 is 11.8 Å². The minimum atomic E-state index is -1.10. The van der Waals surface area contributed by atoms with Gasteiger partial charge in [-0.2, -0.15) is 0 Å². The topological polar surface area (TPSA) is 71.5 Å². The maximum Gasteiger partial charge on any atom is 0.254 e. The van der Waals surface area contributed by atoms with E-state index in [0.29, 0.717) is 32.5 Å². The highest BCUT2D eigenvalue weighted by Gasteiger charge is 2.45. The van der Waals surface area contributed by atoms with Crippen molar-refractivity contribution in [3.05, 3.63) is 54.4 Å². The van der Waals surface area contributed by atoms with E-state index in [1.807, 2.05) is 50.2 Å². The number of hydrogen-bond donors (Lipinski definition) is 1. The number of likely N-dealkylation sites (N-methyl/N-ethyl adjacent to an activating group) is 1. The van der Waals surface area contributed by atoms with Crippen LogP contribution in [-0.2, 0) is 20.7 Å². The Bertz CT molecular complexity index is 825. The lowest BCUT2D eigenvalue weighted by Gasteiger charge is -2.42. The molecule has 3 rings (SSSR count). The summed E-state index contributed by atoms with van der Waals surface area (Å²) in [7, 11) is 0. The van der Waals surface area contributed by atoms with Gasteiger partial charge in [0.1, 0.15) is 0 Å². The number of hydrogen-bond acceptors (Lipinski definition) is 4. The average molecular weight is 381 g/mol. The molecule has 28 heavy (non-hydrogen) atoms. The van der Waals surface area contributed by atoms with E-state index in [2.05, 4.69) is 10.3 Å². The summed E-state index contributed by atoms with van der Waals surface area (Å²) in [6.07, 6.45) is 4.32. The molecular formula is C22H27N3O3. The number of rotatable bonds is 6. The molecule has 0 radical (unpaired) electrons. The van der Waals surface area contributed by atoms with Crippen LogP contribution in [0.4, 0.5) is 0 Å². The van der Waals surface area contributed by atoms with Crippen LogP contribution in [-0.4, -0.2) is 53.5 Å². The first-order valence-corrected chi connectivity index (χ1v) is 9.78. The number of aromatic nitrogens is 1. The fraction of sp³-hybridized carbons (Fsp3) is 0.409. The van der Waals surface area contributed by atoms with Crippen molar-refractivity contribution < 1.29 is 14.3 Å². The summed E-state index contributed by atoms with van der Waals surface area (Å²) in [6.45, 7) is 5.35. The molecule has 1 aliphatic heterocycles. The minimum absolute atomic E-state index is 0.0411. The Morgan fingerprint density at radius 3 is 2.64 bits per heavy atom. The summed E-state index contributed by atoms with van der Waals surface area (Å²) in [5.41, 5.74) is 1.98. The number of ether oxygens (including phenoxy) is 1. The summed E-state index contributed by atoms with van der Waals surface area (Å²) >= 11 is 0. The van der Waals surface area contributed by atoms with Crippen molar-refractivity contribution in [2.75, 3.05) is 26.2 Å². The summed E-state index contributed by atoms with van der Waals surface area (Å²) < 4.78 is 6.08. The molecule has 148 valence electrons. The lowest BCUT2D eigenvalue weighted by Crippen LogP contribution is -2.62. The van der Waals surface area contributed by atoms with Gasteiger partial charge in [-0.25, -0.2) is 0 Å². The zero-order chi connectivity index (χ0) is 20.0. The first-order chi connectivity index (χ1) is 13.6. The number of nitrogens with one attached hydrogen (secondary N) is 1. The van der Waals surface area contributed by atoms with Crippen molar-refractivity contribution in [2.24, 2.45) is 0 Å². The molecular weight excluding hydrogens is 354 g/mol. The molecule has 6 heteroatoms. The predicted octanol–water partition coefficient (Wildman–Crippen LogP) is 2.43. The third-order valence-corrected chi connectivity index (χ3v) is 5.08. The van der Waals surface area contributed by atoms with Crippen LogP contribution in [0.5, 0.6) is 0 Å². The molecule has 0 spiro atoms. The maximum atomic E-state index is 13.0. The lowest BCUT2D eigenvalue weighted by molar-refractivity contribution is -0.165. The molecule has 1 N–H and O–H groups in total. The van der Waals surface area contributed by atoms with E-state index in [1.54, 1.807) is 17.3 Å². The SMILES string of the molecule is CCNC(=O)[C@@]1(Cc2ccccc2-c2ccncc2)CN(C(=O)CC)CCO1. The normalized spacial score (nSPS) is 19.3. The molecule has 1 atom stereocenters. The first kappa shape index (κ1) is 20.0. The van der Waals surface area contributed by atoms with Crippen LogP contribution >= 0.6 is 0 Å². The molecule has 1 aliphatic rings. The second kappa shape index (κ2) is 8.97. The Labute approximate surface area is 165 Å². The number of nitrogens with zero attached hydrogens (tertiary/aromatic N) is 2. The zero-order valence-corrected chi connectivity index (χ0v) is 16.5. The molecule has 1 fully saturated rings. The van der Waals surface area contributed by atoms with Crippen LogP contribution in [0.3, 0.4) is 0 Å². The van der Waals surface area contributed by atoms with Crippen molar-refractivity contribution in [2.45, 2.75) is 32.3 Å². The van der Waals surface area contributed by atoms with Gasteiger partial charge in [0.05, 0.1) is 13.2 Å². The standard InChI is InChI=1S/C22H27N3O3/c1-3-20(26)25-13-14-28-22(16-25,21(27)24-4-2)15-18-7-5-6-8-19(18)17-9-11-23-12-10-17/h5-12H,3-4,13-16H2,1-2H3,(H,24,27)/t22-/m1/s1. The molecule has 1 saturated heterocycles. The van der Waals surface area contributed by atoms with Gasteiger partial charge in [0.2, 0.25) is 5.91 Å². The second-order valence-corrected chi connectivity index (χ2v) is 6.94. The molecule has 1 aromatic carbocycles. The van der Waals surface area contributed by atoms with E-state index < -0.39 is 5.60 Å². The predicted molar refractivity (Wildman–Crippen MR) is 108 cm³/mol. The first-order valence-electron chi connectivity index (χ1n) is 9.78. The van der Waals surface area contributed by atoms with E-state index in [9.17, 15) is 9.59 Å². The van der Waals surface area contributed by atoms with Gasteiger partial charge in [-0.05, 0) is 35.7 Å². The number of carbonyl (C=O) groups is 2. The van der Waals surface area contributed by atoms with Crippen LogP contribution in [0, 0.1) is 0 Å². The summed E-state index contributed by atoms with van der Waals surface area (Å²) in [5.74, 6) is -0.132. The fourth-order valence-electron chi connectivity index (χ4n) is 3.66. The van der Waals surface area contributed by atoms with Gasteiger partial charge < -0.3 is 15.0 Å². The van der Waals surface area contributed by atoms with Gasteiger partial charge >= 0.3 is 0 Å². The lowest BCUT2D eigenvalue weighted by atomic mass is 9.87. The van der Waals surface area contributed by atoms with Gasteiger partial charge in [0, 0.05) is 38.3 Å². The van der Waals surface area contributed by atoms with Gasteiger partial charge in [-0.1, -0.05) is 31.2 Å². The molecule has 0 unspecified atom stereocenters. The second-order valence-electron chi connectivity index (χ2n) is 6.94. The number of benzene rings is 1. The summed E-state index contributed by atoms with van der Waals surface area (Å²) in [5, 5.41) is 2.90. The van der Waals surface area contributed by atoms with E-state index in [-0.39, 0.29) is 18.4 Å². The van der Waals surface area contributed by atoms with Crippen molar-refractivity contribution in [1.29, 1.82) is 0 Å². The minimum Gasteiger partial charge on any atom is -0.361 e. The van der Waals surface area contributed by atoms with E-state index in [1.165, 1.54) is 0 Å². The molecule has 0 saturated carbocycles. The largest absolute Gasteiger partial charge is 0.361 e.